The molecule has 0 aliphatic rings. The molecule has 0 fully saturated rings. The van der Waals surface area contributed by atoms with Crippen LogP contribution in [0.1, 0.15) is 16.8 Å². The third kappa shape index (κ3) is 2.56. The molecule has 0 atom stereocenters. The number of nitriles is 1. The molecule has 0 bridgehead atoms. The van der Waals surface area contributed by atoms with Gasteiger partial charge in [0.05, 0.1) is 6.54 Å². The van der Waals surface area contributed by atoms with Crippen molar-refractivity contribution in [2.24, 2.45) is 0 Å². The fourth-order valence-electron chi connectivity index (χ4n) is 1.71. The van der Waals surface area contributed by atoms with Gasteiger partial charge in [0.1, 0.15) is 23.3 Å². The summed E-state index contributed by atoms with van der Waals surface area (Å²) in [5.74, 6) is -0.922. The second-order valence-electron chi connectivity index (χ2n) is 4.01. The fraction of sp³-hybridized carbons (Fsp3) is 0.167. The molecule has 1 aromatic heterocycles. The summed E-state index contributed by atoms with van der Waals surface area (Å²) in [4.78, 5) is 0. The van der Waals surface area contributed by atoms with Crippen molar-refractivity contribution in [1.82, 2.24) is 9.78 Å². The predicted molar refractivity (Wildman–Crippen MR) is 61.9 cm³/mol. The summed E-state index contributed by atoms with van der Waals surface area (Å²) in [5, 5.41) is 12.0. The van der Waals surface area contributed by atoms with E-state index in [9.17, 15) is 17.6 Å². The van der Waals surface area contributed by atoms with E-state index in [4.69, 9.17) is 11.0 Å². The van der Waals surface area contributed by atoms with Gasteiger partial charge in [0.15, 0.2) is 5.69 Å². The molecule has 20 heavy (non-hydrogen) atoms. The number of hydrogen-bond donors (Lipinski definition) is 1. The van der Waals surface area contributed by atoms with Gasteiger partial charge in [-0.3, -0.25) is 0 Å². The quantitative estimate of drug-likeness (QED) is 0.862. The predicted octanol–water partition coefficient (Wildman–Crippen LogP) is 2.54. The van der Waals surface area contributed by atoms with Gasteiger partial charge >= 0.3 is 6.18 Å². The number of alkyl halides is 3. The molecule has 104 valence electrons. The van der Waals surface area contributed by atoms with Crippen LogP contribution in [0.2, 0.25) is 0 Å². The van der Waals surface area contributed by atoms with Crippen LogP contribution >= 0.6 is 0 Å². The zero-order chi connectivity index (χ0) is 14.9. The number of aromatic nitrogens is 2. The van der Waals surface area contributed by atoms with Crippen LogP contribution in [0.25, 0.3) is 0 Å². The molecule has 0 unspecified atom stereocenters. The average Bonchev–Trinajstić information content (AvgIpc) is 2.66. The van der Waals surface area contributed by atoms with Crippen LogP contribution in [0, 0.1) is 17.1 Å². The molecular formula is C12H8F4N4. The second kappa shape index (κ2) is 4.85. The van der Waals surface area contributed by atoms with Crippen LogP contribution < -0.4 is 5.73 Å². The zero-order valence-electron chi connectivity index (χ0n) is 9.95. The van der Waals surface area contributed by atoms with Gasteiger partial charge in [-0.25, -0.2) is 9.07 Å². The first-order chi connectivity index (χ1) is 9.32. The molecule has 0 aliphatic heterocycles. The minimum absolute atomic E-state index is 0.158. The molecule has 0 spiro atoms. The Morgan fingerprint density at radius 1 is 1.35 bits per heavy atom. The van der Waals surface area contributed by atoms with Crippen LogP contribution in [-0.4, -0.2) is 9.78 Å². The Morgan fingerprint density at radius 2 is 2.05 bits per heavy atom. The molecule has 1 aromatic carbocycles. The van der Waals surface area contributed by atoms with E-state index in [1.54, 1.807) is 0 Å². The topological polar surface area (TPSA) is 67.6 Å². The van der Waals surface area contributed by atoms with Crippen LogP contribution in [0.4, 0.5) is 23.4 Å². The number of anilines is 1. The maximum atomic E-state index is 13.0. The van der Waals surface area contributed by atoms with Crippen molar-refractivity contribution in [1.29, 1.82) is 5.26 Å². The van der Waals surface area contributed by atoms with Crippen LogP contribution in [-0.2, 0) is 12.7 Å². The van der Waals surface area contributed by atoms with Crippen molar-refractivity contribution in [3.8, 4) is 6.07 Å². The van der Waals surface area contributed by atoms with Crippen LogP contribution in [0.15, 0.2) is 24.3 Å². The summed E-state index contributed by atoms with van der Waals surface area (Å²) in [6.07, 6.45) is -4.77. The minimum atomic E-state index is -4.77. The highest BCUT2D eigenvalue weighted by atomic mass is 19.4. The maximum absolute atomic E-state index is 13.0. The highest BCUT2D eigenvalue weighted by Crippen LogP contribution is 2.33. The molecule has 0 radical (unpaired) electrons. The lowest BCUT2D eigenvalue weighted by Gasteiger charge is -2.04. The Morgan fingerprint density at radius 3 is 2.55 bits per heavy atom. The van der Waals surface area contributed by atoms with Crippen LogP contribution in [0.3, 0.4) is 0 Å². The lowest BCUT2D eigenvalue weighted by molar-refractivity contribution is -0.141. The van der Waals surface area contributed by atoms with Gasteiger partial charge in [-0.05, 0) is 17.7 Å². The highest BCUT2D eigenvalue weighted by molar-refractivity contribution is 5.53. The summed E-state index contributed by atoms with van der Waals surface area (Å²) < 4.78 is 51.9. The molecule has 2 rings (SSSR count). The van der Waals surface area contributed by atoms with E-state index in [2.05, 4.69) is 5.10 Å². The number of halogens is 4. The number of nitrogen functional groups attached to an aromatic ring is 1. The number of rotatable bonds is 2. The molecule has 0 saturated carbocycles. The Hall–Kier alpha value is -2.56. The smallest absolute Gasteiger partial charge is 0.383 e. The first-order valence-electron chi connectivity index (χ1n) is 5.41. The third-order valence-electron chi connectivity index (χ3n) is 2.59. The van der Waals surface area contributed by atoms with Gasteiger partial charge in [-0.15, -0.1) is 0 Å². The molecular weight excluding hydrogens is 276 g/mol. The first kappa shape index (κ1) is 13.9. The van der Waals surface area contributed by atoms with E-state index >= 15 is 0 Å². The fourth-order valence-corrected chi connectivity index (χ4v) is 1.71. The lowest BCUT2D eigenvalue weighted by Crippen LogP contribution is -2.10. The van der Waals surface area contributed by atoms with Crippen molar-refractivity contribution < 1.29 is 17.6 Å². The van der Waals surface area contributed by atoms with E-state index in [0.717, 1.165) is 10.7 Å². The summed E-state index contributed by atoms with van der Waals surface area (Å²) in [7, 11) is 0. The van der Waals surface area contributed by atoms with Gasteiger partial charge in [0.25, 0.3) is 0 Å². The number of nitrogens with two attached hydrogens (primary N) is 1. The van der Waals surface area contributed by atoms with Gasteiger partial charge < -0.3 is 5.73 Å². The summed E-state index contributed by atoms with van der Waals surface area (Å²) >= 11 is 0. The second-order valence-corrected chi connectivity index (χ2v) is 4.01. The molecule has 2 N–H and O–H groups in total. The molecule has 2 aromatic rings. The molecule has 4 nitrogen and oxygen atoms in total. The van der Waals surface area contributed by atoms with Crippen molar-refractivity contribution in [3.05, 3.63) is 46.9 Å². The Labute approximate surface area is 111 Å². The Bertz CT molecular complexity index is 682. The van der Waals surface area contributed by atoms with Gasteiger partial charge in [-0.1, -0.05) is 12.1 Å². The molecule has 0 aliphatic carbocycles. The normalized spacial score (nSPS) is 11.3. The summed E-state index contributed by atoms with van der Waals surface area (Å²) in [5.41, 5.74) is 3.80. The summed E-state index contributed by atoms with van der Waals surface area (Å²) in [6.45, 7) is -0.158. The maximum Gasteiger partial charge on any atom is 0.436 e. The van der Waals surface area contributed by atoms with E-state index < -0.39 is 29.1 Å². The van der Waals surface area contributed by atoms with E-state index in [-0.39, 0.29) is 6.54 Å². The Balaban J connectivity index is 2.44. The third-order valence-corrected chi connectivity index (χ3v) is 2.59. The number of nitrogens with zero attached hydrogens (tertiary/aromatic N) is 3. The van der Waals surface area contributed by atoms with Crippen molar-refractivity contribution in [3.63, 3.8) is 0 Å². The monoisotopic (exact) mass is 284 g/mol. The van der Waals surface area contributed by atoms with E-state index in [1.165, 1.54) is 24.3 Å². The van der Waals surface area contributed by atoms with Gasteiger partial charge in [0, 0.05) is 0 Å². The van der Waals surface area contributed by atoms with Crippen molar-refractivity contribution in [2.45, 2.75) is 12.7 Å². The average molecular weight is 284 g/mol. The van der Waals surface area contributed by atoms with Crippen LogP contribution in [0.5, 0.6) is 0 Å². The SMILES string of the molecule is N#Cc1c(C(F)(F)F)nn(Cc2cccc(F)c2)c1N. The number of hydrogen-bond acceptors (Lipinski definition) is 3. The highest BCUT2D eigenvalue weighted by Gasteiger charge is 2.39. The zero-order valence-corrected chi connectivity index (χ0v) is 9.95. The molecule has 1 heterocycles. The van der Waals surface area contributed by atoms with E-state index in [1.807, 2.05) is 0 Å². The Kier molecular flexibility index (Phi) is 3.36. The lowest BCUT2D eigenvalue weighted by atomic mass is 10.2. The van der Waals surface area contributed by atoms with Gasteiger partial charge in [-0.2, -0.15) is 23.5 Å². The standard InChI is InChI=1S/C12H8F4N4/c13-8-3-1-2-7(4-8)6-20-11(18)9(5-17)10(19-20)12(14,15)16/h1-4H,6,18H2. The summed E-state index contributed by atoms with van der Waals surface area (Å²) in [6, 6.07) is 6.68. The molecule has 0 amide bonds. The van der Waals surface area contributed by atoms with Crippen molar-refractivity contribution in [2.75, 3.05) is 5.73 Å². The van der Waals surface area contributed by atoms with E-state index in [0.29, 0.717) is 5.56 Å². The number of benzene rings is 1. The first-order valence-corrected chi connectivity index (χ1v) is 5.41. The molecule has 8 heteroatoms. The van der Waals surface area contributed by atoms with Crippen molar-refractivity contribution >= 4 is 5.82 Å². The van der Waals surface area contributed by atoms with Gasteiger partial charge in [0.2, 0.25) is 0 Å². The molecule has 0 saturated heterocycles. The largest absolute Gasteiger partial charge is 0.436 e. The minimum Gasteiger partial charge on any atom is -0.383 e.